The van der Waals surface area contributed by atoms with E-state index in [9.17, 15) is 0 Å². The van der Waals surface area contributed by atoms with Gasteiger partial charge in [0.05, 0.1) is 0 Å². The lowest BCUT2D eigenvalue weighted by Gasteiger charge is -2.20. The molecule has 92 valence electrons. The van der Waals surface area contributed by atoms with Gasteiger partial charge in [-0.2, -0.15) is 11.8 Å². The van der Waals surface area contributed by atoms with Crippen molar-refractivity contribution in [3.8, 4) is 0 Å². The van der Waals surface area contributed by atoms with Crippen molar-refractivity contribution in [1.29, 1.82) is 0 Å². The minimum Gasteiger partial charge on any atom is -0.301 e. The van der Waals surface area contributed by atoms with Crippen LogP contribution in [0.25, 0.3) is 0 Å². The molecule has 1 rings (SSSR count). The van der Waals surface area contributed by atoms with E-state index in [0.717, 1.165) is 18.1 Å². The number of hydrogen-bond acceptors (Lipinski definition) is 3. The molecule has 0 bridgehead atoms. The Morgan fingerprint density at radius 2 is 2.00 bits per heavy atom. The maximum Gasteiger partial charge on any atom is 0.225 e. The van der Waals surface area contributed by atoms with Gasteiger partial charge < -0.3 is 4.57 Å². The molecule has 0 radical (unpaired) electrons. The van der Waals surface area contributed by atoms with E-state index in [2.05, 4.69) is 44.1 Å². The number of hydrogen-bond donors (Lipinski definition) is 0. The van der Waals surface area contributed by atoms with Gasteiger partial charge in [-0.1, -0.05) is 27.7 Å². The third-order valence-electron chi connectivity index (χ3n) is 2.32. The Kier molecular flexibility index (Phi) is 4.68. The van der Waals surface area contributed by atoms with E-state index < -0.39 is 0 Å². The summed E-state index contributed by atoms with van der Waals surface area (Å²) in [5.74, 6) is 2.66. The van der Waals surface area contributed by atoms with Crippen molar-refractivity contribution in [3.05, 3.63) is 11.1 Å². The average Bonchev–Trinajstić information content (AvgIpc) is 2.47. The molecule has 1 heterocycles. The lowest BCUT2D eigenvalue weighted by atomic mass is 9.95. The van der Waals surface area contributed by atoms with Crippen LogP contribution in [0.4, 0.5) is 0 Å². The molecule has 3 nitrogen and oxygen atoms in total. The first-order chi connectivity index (χ1) is 7.36. The van der Waals surface area contributed by atoms with Crippen molar-refractivity contribution in [2.24, 2.45) is 5.92 Å². The zero-order valence-electron chi connectivity index (χ0n) is 10.6. The highest BCUT2D eigenvalue weighted by atomic mass is 35.5. The first-order valence-corrected chi connectivity index (χ1v) is 7.21. The molecule has 0 aliphatic heterocycles. The zero-order valence-corrected chi connectivity index (χ0v) is 12.2. The SMILES string of the molecule is CSCC(C)Cn1c(Cl)nnc1C(C)(C)C. The maximum absolute atomic E-state index is 6.08. The molecular weight excluding hydrogens is 242 g/mol. The number of nitrogens with zero attached hydrogens (tertiary/aromatic N) is 3. The van der Waals surface area contributed by atoms with E-state index in [1.54, 1.807) is 0 Å². The van der Waals surface area contributed by atoms with E-state index >= 15 is 0 Å². The van der Waals surface area contributed by atoms with E-state index in [4.69, 9.17) is 11.6 Å². The van der Waals surface area contributed by atoms with Gasteiger partial charge in [-0.3, -0.25) is 0 Å². The molecule has 1 atom stereocenters. The van der Waals surface area contributed by atoms with Crippen LogP contribution in [0.15, 0.2) is 0 Å². The molecule has 0 saturated carbocycles. The first-order valence-electron chi connectivity index (χ1n) is 5.44. The molecular formula is C11H20ClN3S. The van der Waals surface area contributed by atoms with Crippen LogP contribution in [-0.4, -0.2) is 26.8 Å². The third-order valence-corrected chi connectivity index (χ3v) is 3.50. The summed E-state index contributed by atoms with van der Waals surface area (Å²) in [6.45, 7) is 9.49. The predicted molar refractivity (Wildman–Crippen MR) is 71.3 cm³/mol. The Morgan fingerprint density at radius 3 is 2.50 bits per heavy atom. The number of aromatic nitrogens is 3. The second-order valence-electron chi connectivity index (χ2n) is 5.21. The van der Waals surface area contributed by atoms with Crippen molar-refractivity contribution in [3.63, 3.8) is 0 Å². The molecule has 0 aliphatic carbocycles. The summed E-state index contributed by atoms with van der Waals surface area (Å²) in [5, 5.41) is 8.64. The Morgan fingerprint density at radius 1 is 1.38 bits per heavy atom. The van der Waals surface area contributed by atoms with Crippen LogP contribution < -0.4 is 0 Å². The summed E-state index contributed by atoms with van der Waals surface area (Å²) < 4.78 is 2.03. The smallest absolute Gasteiger partial charge is 0.225 e. The molecule has 1 unspecified atom stereocenters. The van der Waals surface area contributed by atoms with Crippen LogP contribution in [0, 0.1) is 5.92 Å². The molecule has 5 heteroatoms. The first kappa shape index (κ1) is 13.8. The molecule has 0 saturated heterocycles. The molecule has 0 fully saturated rings. The molecule has 0 amide bonds. The van der Waals surface area contributed by atoms with E-state index in [0.29, 0.717) is 11.2 Å². The molecule has 1 aromatic rings. The van der Waals surface area contributed by atoms with Gasteiger partial charge in [0.2, 0.25) is 5.28 Å². The zero-order chi connectivity index (χ0) is 12.3. The fourth-order valence-electron chi connectivity index (χ4n) is 1.65. The van der Waals surface area contributed by atoms with E-state index in [1.807, 2.05) is 16.3 Å². The van der Waals surface area contributed by atoms with Crippen LogP contribution in [0.5, 0.6) is 0 Å². The summed E-state index contributed by atoms with van der Waals surface area (Å²) in [6.07, 6.45) is 2.12. The van der Waals surface area contributed by atoms with Gasteiger partial charge in [-0.05, 0) is 29.5 Å². The van der Waals surface area contributed by atoms with Gasteiger partial charge in [0, 0.05) is 12.0 Å². The third kappa shape index (κ3) is 3.39. The molecule has 16 heavy (non-hydrogen) atoms. The van der Waals surface area contributed by atoms with Crippen molar-refractivity contribution in [2.75, 3.05) is 12.0 Å². The standard InChI is InChI=1S/C11H20ClN3S/c1-8(7-16-5)6-15-9(11(2,3)4)13-14-10(15)12/h8H,6-7H2,1-5H3. The molecule has 0 spiro atoms. The van der Waals surface area contributed by atoms with E-state index in [-0.39, 0.29) is 5.41 Å². The summed E-state index contributed by atoms with van der Waals surface area (Å²) in [4.78, 5) is 0. The number of rotatable bonds is 4. The van der Waals surface area contributed by atoms with E-state index in [1.165, 1.54) is 0 Å². The predicted octanol–water partition coefficient (Wildman–Crippen LogP) is 3.23. The lowest BCUT2D eigenvalue weighted by molar-refractivity contribution is 0.455. The van der Waals surface area contributed by atoms with Crippen molar-refractivity contribution in [1.82, 2.24) is 14.8 Å². The van der Waals surface area contributed by atoms with Crippen molar-refractivity contribution >= 4 is 23.4 Å². The molecule has 1 aromatic heterocycles. The van der Waals surface area contributed by atoms with Gasteiger partial charge >= 0.3 is 0 Å². The fourth-order valence-corrected chi connectivity index (χ4v) is 2.51. The molecule has 0 N–H and O–H groups in total. The quantitative estimate of drug-likeness (QED) is 0.834. The van der Waals surface area contributed by atoms with Gasteiger partial charge in [-0.15, -0.1) is 10.2 Å². The number of thioether (sulfide) groups is 1. The Balaban J connectivity index is 2.90. The molecule has 0 aromatic carbocycles. The largest absolute Gasteiger partial charge is 0.301 e. The minimum absolute atomic E-state index is 0.0147. The fraction of sp³-hybridized carbons (Fsp3) is 0.818. The Bertz CT molecular complexity index is 343. The number of halogens is 1. The summed E-state index contributed by atoms with van der Waals surface area (Å²) in [6, 6.07) is 0. The van der Waals surface area contributed by atoms with Crippen molar-refractivity contribution in [2.45, 2.75) is 39.7 Å². The summed E-state index contributed by atoms with van der Waals surface area (Å²) in [7, 11) is 0. The average molecular weight is 262 g/mol. The monoisotopic (exact) mass is 261 g/mol. The Labute approximate surface area is 107 Å². The van der Waals surface area contributed by atoms with Crippen molar-refractivity contribution < 1.29 is 0 Å². The minimum atomic E-state index is -0.0147. The van der Waals surface area contributed by atoms with Gasteiger partial charge in [0.25, 0.3) is 0 Å². The highest BCUT2D eigenvalue weighted by molar-refractivity contribution is 7.98. The van der Waals surface area contributed by atoms with Gasteiger partial charge in [-0.25, -0.2) is 0 Å². The Hall–Kier alpha value is -0.220. The lowest BCUT2D eigenvalue weighted by Crippen LogP contribution is -2.22. The van der Waals surface area contributed by atoms with Crippen LogP contribution in [0.2, 0.25) is 5.28 Å². The highest BCUT2D eigenvalue weighted by Crippen LogP contribution is 2.24. The second kappa shape index (κ2) is 5.41. The van der Waals surface area contributed by atoms with Crippen LogP contribution in [-0.2, 0) is 12.0 Å². The van der Waals surface area contributed by atoms with Crippen LogP contribution in [0.1, 0.15) is 33.5 Å². The maximum atomic E-state index is 6.08. The second-order valence-corrected chi connectivity index (χ2v) is 6.46. The summed E-state index contributed by atoms with van der Waals surface area (Å²) in [5.41, 5.74) is -0.0147. The van der Waals surface area contributed by atoms with Crippen LogP contribution in [0.3, 0.4) is 0 Å². The van der Waals surface area contributed by atoms with Gasteiger partial charge in [0.1, 0.15) is 5.82 Å². The highest BCUT2D eigenvalue weighted by Gasteiger charge is 2.23. The van der Waals surface area contributed by atoms with Gasteiger partial charge in [0.15, 0.2) is 0 Å². The normalized spacial score (nSPS) is 14.1. The topological polar surface area (TPSA) is 30.7 Å². The summed E-state index contributed by atoms with van der Waals surface area (Å²) >= 11 is 7.93. The van der Waals surface area contributed by atoms with Crippen LogP contribution >= 0.6 is 23.4 Å². The molecule has 0 aliphatic rings.